The van der Waals surface area contributed by atoms with Crippen LogP contribution in [0, 0.1) is 0 Å². The van der Waals surface area contributed by atoms with Crippen molar-refractivity contribution in [1.82, 2.24) is 9.55 Å². The molecule has 1 N–H and O–H groups in total. The van der Waals surface area contributed by atoms with Crippen molar-refractivity contribution in [3.05, 3.63) is 18.0 Å². The van der Waals surface area contributed by atoms with Crippen LogP contribution in [0.4, 0.5) is 0 Å². The lowest BCUT2D eigenvalue weighted by Crippen LogP contribution is -2.18. The Morgan fingerprint density at radius 2 is 2.10 bits per heavy atom. The van der Waals surface area contributed by atoms with E-state index in [2.05, 4.69) is 4.98 Å². The number of imidazole rings is 1. The van der Waals surface area contributed by atoms with Gasteiger partial charge in [-0.3, -0.25) is 0 Å². The van der Waals surface area contributed by atoms with Crippen molar-refractivity contribution in [3.8, 4) is 11.5 Å². The number of methoxy groups -OCH3 is 1. The van der Waals surface area contributed by atoms with E-state index in [-0.39, 0.29) is 6.61 Å². The largest absolute Gasteiger partial charge is 0.486 e. The fraction of sp³-hybridized carbons (Fsp3) is 0.429. The van der Waals surface area contributed by atoms with Gasteiger partial charge < -0.3 is 23.9 Å². The molecule has 0 bridgehead atoms. The molecule has 2 heterocycles. The molecule has 0 saturated heterocycles. The number of carboxylic acids is 1. The lowest BCUT2D eigenvalue weighted by molar-refractivity contribution is -0.140. The van der Waals surface area contributed by atoms with Gasteiger partial charge in [0.15, 0.2) is 11.5 Å². The molecular weight excluding hydrogens is 276 g/mol. The van der Waals surface area contributed by atoms with E-state index in [1.165, 1.54) is 0 Å². The van der Waals surface area contributed by atoms with Crippen LogP contribution in [0.5, 0.6) is 11.5 Å². The standard InChI is InChI=1S/C14H16N2O5/c1-8(14(17)18)16-10-6-12-11(20-3-4-21-12)5-9(10)15-13(16)7-19-2/h5-6,8H,3-4,7H2,1-2H3,(H,17,18). The quantitative estimate of drug-likeness (QED) is 0.921. The van der Waals surface area contributed by atoms with Crippen molar-refractivity contribution >= 4 is 17.0 Å². The molecule has 0 radical (unpaired) electrons. The fourth-order valence-corrected chi connectivity index (χ4v) is 2.46. The Labute approximate surface area is 121 Å². The molecule has 1 atom stereocenters. The SMILES string of the molecule is COCc1nc2cc3c(cc2n1C(C)C(=O)O)OCCO3. The van der Waals surface area contributed by atoms with E-state index in [1.54, 1.807) is 30.7 Å². The molecule has 2 aromatic rings. The summed E-state index contributed by atoms with van der Waals surface area (Å²) in [5, 5.41) is 9.30. The number of aliphatic carboxylic acids is 1. The molecule has 1 aliphatic rings. The number of benzene rings is 1. The van der Waals surface area contributed by atoms with E-state index in [1.807, 2.05) is 0 Å². The molecule has 112 valence electrons. The minimum atomic E-state index is -0.929. The first kappa shape index (κ1) is 13.7. The van der Waals surface area contributed by atoms with Gasteiger partial charge in [-0.25, -0.2) is 9.78 Å². The van der Waals surface area contributed by atoms with Crippen LogP contribution in [0.15, 0.2) is 12.1 Å². The molecule has 3 rings (SSSR count). The average Bonchev–Trinajstić information content (AvgIpc) is 2.81. The topological polar surface area (TPSA) is 82.8 Å². The molecule has 21 heavy (non-hydrogen) atoms. The predicted octanol–water partition coefficient (Wildman–Crippen LogP) is 1.60. The van der Waals surface area contributed by atoms with Gasteiger partial charge in [-0.1, -0.05) is 0 Å². The summed E-state index contributed by atoms with van der Waals surface area (Å²) in [5.41, 5.74) is 1.36. The third-order valence-corrected chi connectivity index (χ3v) is 3.44. The molecule has 0 saturated carbocycles. The van der Waals surface area contributed by atoms with E-state index in [4.69, 9.17) is 14.2 Å². The van der Waals surface area contributed by atoms with Gasteiger partial charge in [0, 0.05) is 19.2 Å². The zero-order valence-electron chi connectivity index (χ0n) is 11.8. The molecular formula is C14H16N2O5. The van der Waals surface area contributed by atoms with E-state index in [0.29, 0.717) is 41.6 Å². The van der Waals surface area contributed by atoms with Crippen molar-refractivity contribution in [2.75, 3.05) is 20.3 Å². The minimum absolute atomic E-state index is 0.235. The first-order valence-electron chi connectivity index (χ1n) is 6.64. The Balaban J connectivity index is 2.21. The number of rotatable bonds is 4. The number of carbonyl (C=O) groups is 1. The summed E-state index contributed by atoms with van der Waals surface area (Å²) in [6.45, 7) is 2.82. The van der Waals surface area contributed by atoms with Crippen LogP contribution in [-0.4, -0.2) is 41.0 Å². The minimum Gasteiger partial charge on any atom is -0.486 e. The Kier molecular flexibility index (Phi) is 3.42. The van der Waals surface area contributed by atoms with Gasteiger partial charge in [0.25, 0.3) is 0 Å². The lowest BCUT2D eigenvalue weighted by Gasteiger charge is -2.19. The molecule has 0 aliphatic carbocycles. The number of hydrogen-bond donors (Lipinski definition) is 1. The Morgan fingerprint density at radius 1 is 1.43 bits per heavy atom. The van der Waals surface area contributed by atoms with Crippen LogP contribution in [0.25, 0.3) is 11.0 Å². The number of hydrogen-bond acceptors (Lipinski definition) is 5. The van der Waals surface area contributed by atoms with Crippen molar-refractivity contribution in [2.24, 2.45) is 0 Å². The van der Waals surface area contributed by atoms with Gasteiger partial charge in [-0.05, 0) is 6.92 Å². The van der Waals surface area contributed by atoms with Crippen LogP contribution in [0.3, 0.4) is 0 Å². The maximum absolute atomic E-state index is 11.3. The highest BCUT2D eigenvalue weighted by molar-refractivity contribution is 5.83. The number of aromatic nitrogens is 2. The first-order chi connectivity index (χ1) is 10.1. The Bertz CT molecular complexity index is 694. The Morgan fingerprint density at radius 3 is 2.71 bits per heavy atom. The number of ether oxygens (including phenoxy) is 3. The third-order valence-electron chi connectivity index (χ3n) is 3.44. The van der Waals surface area contributed by atoms with Gasteiger partial charge in [0.2, 0.25) is 0 Å². The lowest BCUT2D eigenvalue weighted by atomic mass is 10.2. The molecule has 1 aromatic carbocycles. The molecule has 7 heteroatoms. The molecule has 0 fully saturated rings. The van der Waals surface area contributed by atoms with Crippen LogP contribution >= 0.6 is 0 Å². The van der Waals surface area contributed by atoms with Crippen molar-refractivity contribution in [1.29, 1.82) is 0 Å². The van der Waals surface area contributed by atoms with E-state index in [9.17, 15) is 9.90 Å². The van der Waals surface area contributed by atoms with Crippen LogP contribution in [0.1, 0.15) is 18.8 Å². The average molecular weight is 292 g/mol. The molecule has 7 nitrogen and oxygen atoms in total. The second-order valence-corrected chi connectivity index (χ2v) is 4.83. The van der Waals surface area contributed by atoms with E-state index < -0.39 is 12.0 Å². The van der Waals surface area contributed by atoms with Crippen LogP contribution < -0.4 is 9.47 Å². The van der Waals surface area contributed by atoms with Gasteiger partial charge in [0.1, 0.15) is 31.7 Å². The highest BCUT2D eigenvalue weighted by atomic mass is 16.6. The zero-order chi connectivity index (χ0) is 15.0. The van der Waals surface area contributed by atoms with Crippen molar-refractivity contribution < 1.29 is 24.1 Å². The number of nitrogens with zero attached hydrogens (tertiary/aromatic N) is 2. The van der Waals surface area contributed by atoms with E-state index in [0.717, 1.165) is 0 Å². The normalized spacial score (nSPS) is 15.1. The molecule has 1 aliphatic heterocycles. The van der Waals surface area contributed by atoms with Crippen LogP contribution in [-0.2, 0) is 16.1 Å². The maximum Gasteiger partial charge on any atom is 0.326 e. The second kappa shape index (κ2) is 5.25. The van der Waals surface area contributed by atoms with Gasteiger partial charge >= 0.3 is 5.97 Å². The summed E-state index contributed by atoms with van der Waals surface area (Å²) in [6, 6.07) is 2.80. The summed E-state index contributed by atoms with van der Waals surface area (Å²) in [4.78, 5) is 15.8. The highest BCUT2D eigenvalue weighted by Crippen LogP contribution is 2.35. The fourth-order valence-electron chi connectivity index (χ4n) is 2.46. The Hall–Kier alpha value is -2.28. The number of fused-ring (bicyclic) bond motifs is 2. The van der Waals surface area contributed by atoms with Crippen molar-refractivity contribution in [3.63, 3.8) is 0 Å². The van der Waals surface area contributed by atoms with Gasteiger partial charge in [-0.2, -0.15) is 0 Å². The van der Waals surface area contributed by atoms with Gasteiger partial charge in [-0.15, -0.1) is 0 Å². The highest BCUT2D eigenvalue weighted by Gasteiger charge is 2.23. The monoisotopic (exact) mass is 292 g/mol. The second-order valence-electron chi connectivity index (χ2n) is 4.83. The summed E-state index contributed by atoms with van der Waals surface area (Å²) in [6.07, 6.45) is 0. The van der Waals surface area contributed by atoms with Crippen molar-refractivity contribution in [2.45, 2.75) is 19.6 Å². The maximum atomic E-state index is 11.3. The molecule has 0 spiro atoms. The van der Waals surface area contributed by atoms with Gasteiger partial charge in [0.05, 0.1) is 11.0 Å². The van der Waals surface area contributed by atoms with Crippen LogP contribution in [0.2, 0.25) is 0 Å². The molecule has 1 unspecified atom stereocenters. The smallest absolute Gasteiger partial charge is 0.326 e. The summed E-state index contributed by atoms with van der Waals surface area (Å²) in [7, 11) is 1.55. The molecule has 0 amide bonds. The van der Waals surface area contributed by atoms with E-state index >= 15 is 0 Å². The zero-order valence-corrected chi connectivity index (χ0v) is 11.8. The molecule has 1 aromatic heterocycles. The third kappa shape index (κ3) is 2.29. The predicted molar refractivity (Wildman–Crippen MR) is 73.8 cm³/mol. The summed E-state index contributed by atoms with van der Waals surface area (Å²) < 4.78 is 17.8. The first-order valence-corrected chi connectivity index (χ1v) is 6.64. The summed E-state index contributed by atoms with van der Waals surface area (Å²) in [5.74, 6) is 0.869. The summed E-state index contributed by atoms with van der Waals surface area (Å²) >= 11 is 0. The number of carboxylic acid groups (broad SMARTS) is 1.